The highest BCUT2D eigenvalue weighted by molar-refractivity contribution is 8.18. The van der Waals surface area contributed by atoms with Gasteiger partial charge in [0.2, 0.25) is 5.95 Å². The van der Waals surface area contributed by atoms with E-state index in [1.54, 1.807) is 6.08 Å². The molecular weight excluding hydrogens is 480 g/mol. The highest BCUT2D eigenvalue weighted by atomic mass is 32.2. The van der Waals surface area contributed by atoms with Crippen LogP contribution in [0.4, 0.5) is 16.6 Å². The van der Waals surface area contributed by atoms with Gasteiger partial charge in [0, 0.05) is 62.7 Å². The van der Waals surface area contributed by atoms with E-state index in [4.69, 9.17) is 14.7 Å². The highest BCUT2D eigenvalue weighted by Crippen LogP contribution is 2.35. The van der Waals surface area contributed by atoms with Crippen LogP contribution in [0.2, 0.25) is 0 Å². The van der Waals surface area contributed by atoms with E-state index in [1.165, 1.54) is 0 Å². The van der Waals surface area contributed by atoms with E-state index in [0.717, 1.165) is 49.3 Å². The summed E-state index contributed by atoms with van der Waals surface area (Å²) in [5, 5.41) is 1.91. The van der Waals surface area contributed by atoms with Gasteiger partial charge in [-0.3, -0.25) is 19.7 Å². The van der Waals surface area contributed by atoms with E-state index in [2.05, 4.69) is 15.1 Å². The number of rotatable bonds is 4. The molecule has 1 N–H and O–H groups in total. The number of nitrogens with zero attached hydrogens (tertiary/aromatic N) is 5. The molecule has 4 fully saturated rings. The number of carbonyl (C=O) groups excluding carboxylic acids is 3. The number of carbonyl (C=O) groups is 3. The molecule has 2 unspecified atom stereocenters. The van der Waals surface area contributed by atoms with Crippen LogP contribution in [0.3, 0.4) is 0 Å². The van der Waals surface area contributed by atoms with E-state index in [1.807, 2.05) is 41.3 Å². The average Bonchev–Trinajstić information content (AvgIpc) is 3.57. The summed E-state index contributed by atoms with van der Waals surface area (Å²) in [5.74, 6) is 1.77. The van der Waals surface area contributed by atoms with Gasteiger partial charge in [-0.25, -0.2) is 4.98 Å². The number of fused-ring (bicyclic) bond motifs is 1. The van der Waals surface area contributed by atoms with Crippen molar-refractivity contribution >= 4 is 46.7 Å². The van der Waals surface area contributed by atoms with Crippen LogP contribution in [-0.4, -0.2) is 84.4 Å². The van der Waals surface area contributed by atoms with Crippen molar-refractivity contribution in [3.8, 4) is 0 Å². The van der Waals surface area contributed by atoms with Gasteiger partial charge in [-0.2, -0.15) is 4.98 Å². The Balaban J connectivity index is 1.22. The maximum Gasteiger partial charge on any atom is 0.290 e. The third kappa shape index (κ3) is 4.56. The van der Waals surface area contributed by atoms with Crippen molar-refractivity contribution in [1.29, 1.82) is 0 Å². The number of anilines is 2. The Morgan fingerprint density at radius 3 is 2.39 bits per heavy atom. The molecule has 2 aromatic rings. The predicted molar refractivity (Wildman–Crippen MR) is 136 cm³/mol. The van der Waals surface area contributed by atoms with Crippen LogP contribution in [0.25, 0.3) is 6.08 Å². The topological polar surface area (TPSA) is 108 Å². The second-order valence-corrected chi connectivity index (χ2v) is 10.4. The minimum atomic E-state index is -0.406. The first kappa shape index (κ1) is 23.0. The lowest BCUT2D eigenvalue weighted by molar-refractivity contribution is -0.115. The standard InChI is InChI=1S/C25H26N6O4S/c32-22-20(36-25(34)28-22)10-19-11-21(29-6-8-35-9-7-29)27-24(26-19)31-14-17-12-30(13-18(17)15-31)23(33)16-4-2-1-3-5-16/h1-5,10-11,17-18H,6-9,12-15H2,(H,28,32,34)/b20-10-. The van der Waals surface area contributed by atoms with Crippen LogP contribution in [0, 0.1) is 11.8 Å². The number of likely N-dealkylation sites (tertiary alicyclic amines) is 1. The van der Waals surface area contributed by atoms with Gasteiger partial charge >= 0.3 is 0 Å². The minimum Gasteiger partial charge on any atom is -0.378 e. The van der Waals surface area contributed by atoms with Gasteiger partial charge in [0.25, 0.3) is 17.1 Å². The lowest BCUT2D eigenvalue weighted by Gasteiger charge is -2.29. The molecule has 1 aromatic heterocycles. The van der Waals surface area contributed by atoms with E-state index < -0.39 is 5.91 Å². The van der Waals surface area contributed by atoms with Crippen molar-refractivity contribution in [1.82, 2.24) is 20.2 Å². The maximum absolute atomic E-state index is 12.9. The van der Waals surface area contributed by atoms with Gasteiger partial charge in [0.1, 0.15) is 5.82 Å². The second-order valence-electron chi connectivity index (χ2n) is 9.40. The predicted octanol–water partition coefficient (Wildman–Crippen LogP) is 1.85. The summed E-state index contributed by atoms with van der Waals surface area (Å²) in [6.45, 7) is 5.66. The summed E-state index contributed by atoms with van der Waals surface area (Å²) >= 11 is 0.879. The normalized spacial score (nSPS) is 25.0. The van der Waals surface area contributed by atoms with Crippen molar-refractivity contribution in [3.63, 3.8) is 0 Å². The molecule has 5 heterocycles. The molecule has 0 aliphatic carbocycles. The molecule has 3 amide bonds. The first-order chi connectivity index (χ1) is 17.5. The first-order valence-corrected chi connectivity index (χ1v) is 12.9. The number of hydrogen-bond donors (Lipinski definition) is 1. The number of hydrogen-bond acceptors (Lipinski definition) is 9. The van der Waals surface area contributed by atoms with Crippen molar-refractivity contribution in [2.24, 2.45) is 11.8 Å². The quantitative estimate of drug-likeness (QED) is 0.622. The van der Waals surface area contributed by atoms with Gasteiger partial charge in [-0.15, -0.1) is 0 Å². The van der Waals surface area contributed by atoms with Crippen molar-refractivity contribution in [2.45, 2.75) is 0 Å². The highest BCUT2D eigenvalue weighted by Gasteiger charge is 2.42. The Kier molecular flexibility index (Phi) is 6.10. The molecule has 1 aromatic carbocycles. The zero-order valence-corrected chi connectivity index (χ0v) is 20.4. The molecule has 36 heavy (non-hydrogen) atoms. The molecular formula is C25H26N6O4S. The van der Waals surface area contributed by atoms with Crippen molar-refractivity contribution in [3.05, 3.63) is 52.6 Å². The number of nitrogens with one attached hydrogen (secondary N) is 1. The smallest absolute Gasteiger partial charge is 0.290 e. The van der Waals surface area contributed by atoms with E-state index in [0.29, 0.717) is 54.7 Å². The van der Waals surface area contributed by atoms with Crippen molar-refractivity contribution < 1.29 is 19.1 Å². The van der Waals surface area contributed by atoms with Gasteiger partial charge in [-0.05, 0) is 30.0 Å². The molecule has 4 aliphatic heterocycles. The SMILES string of the molecule is O=C1NC(=O)/C(=C/c2cc(N3CCOCC3)nc(N3CC4CN(C(=O)c5ccccc5)CC4C3)n2)S1. The Bertz CT molecular complexity index is 1220. The summed E-state index contributed by atoms with van der Waals surface area (Å²) in [7, 11) is 0. The average molecular weight is 507 g/mol. The van der Waals surface area contributed by atoms with Crippen molar-refractivity contribution in [2.75, 3.05) is 62.3 Å². The summed E-state index contributed by atoms with van der Waals surface area (Å²) in [4.78, 5) is 52.9. The zero-order chi connectivity index (χ0) is 24.6. The summed E-state index contributed by atoms with van der Waals surface area (Å²) in [5.41, 5.74) is 1.31. The molecule has 0 spiro atoms. The molecule has 0 bridgehead atoms. The minimum absolute atomic E-state index is 0.0814. The van der Waals surface area contributed by atoms with Gasteiger partial charge in [0.15, 0.2) is 0 Å². The molecule has 4 aliphatic rings. The maximum atomic E-state index is 12.9. The van der Waals surface area contributed by atoms with Crippen LogP contribution >= 0.6 is 11.8 Å². The Labute approximate surface area is 212 Å². The fourth-order valence-corrected chi connectivity index (χ4v) is 5.92. The third-order valence-electron chi connectivity index (χ3n) is 7.05. The number of benzene rings is 1. The van der Waals surface area contributed by atoms with Gasteiger partial charge in [0.05, 0.1) is 23.8 Å². The summed E-state index contributed by atoms with van der Waals surface area (Å²) in [6, 6.07) is 11.3. The number of amides is 3. The molecule has 11 heteroatoms. The molecule has 0 radical (unpaired) electrons. The van der Waals surface area contributed by atoms with Crippen LogP contribution in [0.5, 0.6) is 0 Å². The monoisotopic (exact) mass is 506 g/mol. The Morgan fingerprint density at radius 2 is 1.72 bits per heavy atom. The number of imide groups is 1. The van der Waals surface area contributed by atoms with Crippen LogP contribution in [-0.2, 0) is 9.53 Å². The molecule has 10 nitrogen and oxygen atoms in total. The largest absolute Gasteiger partial charge is 0.378 e. The Hall–Kier alpha value is -3.44. The zero-order valence-electron chi connectivity index (χ0n) is 19.6. The number of aromatic nitrogens is 2. The van der Waals surface area contributed by atoms with Crippen LogP contribution in [0.1, 0.15) is 16.1 Å². The number of morpholine rings is 1. The van der Waals surface area contributed by atoms with Gasteiger partial charge < -0.3 is 19.4 Å². The molecule has 0 saturated carbocycles. The lowest BCUT2D eigenvalue weighted by atomic mass is 10.0. The van der Waals surface area contributed by atoms with Gasteiger partial charge in [-0.1, -0.05) is 18.2 Å². The summed E-state index contributed by atoms with van der Waals surface area (Å²) in [6.07, 6.45) is 1.65. The summed E-state index contributed by atoms with van der Waals surface area (Å²) < 4.78 is 5.49. The Morgan fingerprint density at radius 1 is 1.00 bits per heavy atom. The molecule has 4 saturated heterocycles. The second kappa shape index (κ2) is 9.55. The third-order valence-corrected chi connectivity index (χ3v) is 7.86. The van der Waals surface area contributed by atoms with E-state index in [-0.39, 0.29) is 11.1 Å². The van der Waals surface area contributed by atoms with Crippen LogP contribution < -0.4 is 15.1 Å². The molecule has 6 rings (SSSR count). The fourth-order valence-electron chi connectivity index (χ4n) is 5.25. The molecule has 186 valence electrons. The first-order valence-electron chi connectivity index (χ1n) is 12.1. The number of ether oxygens (including phenoxy) is 1. The van der Waals surface area contributed by atoms with E-state index in [9.17, 15) is 14.4 Å². The molecule has 2 atom stereocenters. The van der Waals surface area contributed by atoms with Crippen LogP contribution in [0.15, 0.2) is 41.3 Å². The fraction of sp³-hybridized carbons (Fsp3) is 0.400. The number of thioether (sulfide) groups is 1. The lowest BCUT2D eigenvalue weighted by Crippen LogP contribution is -2.37. The van der Waals surface area contributed by atoms with E-state index >= 15 is 0 Å².